The van der Waals surface area contributed by atoms with Crippen molar-refractivity contribution in [2.24, 2.45) is 0 Å². The van der Waals surface area contributed by atoms with Crippen LogP contribution < -0.4 is 24.4 Å². The molecule has 8 nitrogen and oxygen atoms in total. The fourth-order valence-corrected chi connectivity index (χ4v) is 5.39. The van der Waals surface area contributed by atoms with Gasteiger partial charge in [0.1, 0.15) is 11.3 Å². The van der Waals surface area contributed by atoms with Crippen LogP contribution in [0.5, 0.6) is 23.0 Å². The first-order valence-corrected chi connectivity index (χ1v) is 12.6. The maximum absolute atomic E-state index is 14.1. The van der Waals surface area contributed by atoms with Gasteiger partial charge in [-0.2, -0.15) is 0 Å². The lowest BCUT2D eigenvalue weighted by Crippen LogP contribution is -2.31. The van der Waals surface area contributed by atoms with E-state index in [0.717, 1.165) is 22.4 Å². The second-order valence-electron chi connectivity index (χ2n) is 9.59. The van der Waals surface area contributed by atoms with Crippen LogP contribution in [0, 0.1) is 13.8 Å². The number of fused-ring (bicyclic) bond motifs is 2. The van der Waals surface area contributed by atoms with Crippen molar-refractivity contribution in [1.29, 1.82) is 0 Å². The van der Waals surface area contributed by atoms with Crippen LogP contribution in [0.3, 0.4) is 0 Å². The Balaban J connectivity index is 1.69. The topological polar surface area (TPSA) is 87.4 Å². The van der Waals surface area contributed by atoms with Gasteiger partial charge in [-0.3, -0.25) is 9.59 Å². The number of carbonyl (C=O) groups is 1. The highest BCUT2D eigenvalue weighted by atomic mass is 16.5. The van der Waals surface area contributed by atoms with Crippen LogP contribution in [0.2, 0.25) is 0 Å². The second-order valence-corrected chi connectivity index (χ2v) is 9.59. The molecule has 8 heteroatoms. The van der Waals surface area contributed by atoms with Crippen LogP contribution in [-0.4, -0.2) is 45.8 Å². The monoisotopic (exact) mass is 529 g/mol. The molecule has 3 aromatic carbocycles. The van der Waals surface area contributed by atoms with Crippen molar-refractivity contribution < 1.29 is 28.2 Å². The van der Waals surface area contributed by atoms with Gasteiger partial charge in [-0.05, 0) is 72.9 Å². The lowest BCUT2D eigenvalue weighted by molar-refractivity contribution is 0.0729. The zero-order valence-electron chi connectivity index (χ0n) is 22.9. The predicted octanol–water partition coefficient (Wildman–Crippen LogP) is 5.23. The van der Waals surface area contributed by atoms with Gasteiger partial charge < -0.3 is 28.3 Å². The molecule has 0 spiro atoms. The minimum atomic E-state index is -0.708. The number of nitrogens with zero attached hydrogens (tertiary/aromatic N) is 1. The lowest BCUT2D eigenvalue weighted by Gasteiger charge is -2.26. The number of amides is 1. The Bertz CT molecular complexity index is 1600. The largest absolute Gasteiger partial charge is 0.497 e. The molecule has 2 heterocycles. The van der Waals surface area contributed by atoms with Gasteiger partial charge in [-0.25, -0.2) is 0 Å². The molecule has 0 saturated carbocycles. The zero-order chi connectivity index (χ0) is 27.8. The highest BCUT2D eigenvalue weighted by Crippen LogP contribution is 2.45. The van der Waals surface area contributed by atoms with E-state index in [1.807, 2.05) is 44.2 Å². The summed E-state index contributed by atoms with van der Waals surface area (Å²) in [5.41, 5.74) is 3.93. The number of hydrogen-bond acceptors (Lipinski definition) is 7. The van der Waals surface area contributed by atoms with Crippen molar-refractivity contribution in [3.8, 4) is 23.0 Å². The Morgan fingerprint density at radius 1 is 0.846 bits per heavy atom. The van der Waals surface area contributed by atoms with Crippen LogP contribution in [0.15, 0.2) is 57.7 Å². The maximum Gasteiger partial charge on any atom is 0.290 e. The molecule has 0 saturated heterocycles. The quantitative estimate of drug-likeness (QED) is 0.309. The predicted molar refractivity (Wildman–Crippen MR) is 148 cm³/mol. The molecule has 5 rings (SSSR count). The lowest BCUT2D eigenvalue weighted by atomic mass is 9.96. The van der Waals surface area contributed by atoms with Crippen LogP contribution in [0.25, 0.3) is 11.0 Å². The van der Waals surface area contributed by atoms with Crippen molar-refractivity contribution in [2.75, 3.05) is 35.0 Å². The molecule has 0 aliphatic carbocycles. The molecule has 202 valence electrons. The van der Waals surface area contributed by atoms with E-state index < -0.39 is 6.04 Å². The first-order valence-electron chi connectivity index (χ1n) is 12.6. The van der Waals surface area contributed by atoms with Crippen molar-refractivity contribution in [3.63, 3.8) is 0 Å². The molecule has 0 N–H and O–H groups in total. The summed E-state index contributed by atoms with van der Waals surface area (Å²) in [6, 6.07) is 14.3. The van der Waals surface area contributed by atoms with Gasteiger partial charge >= 0.3 is 0 Å². The van der Waals surface area contributed by atoms with Gasteiger partial charge in [-0.1, -0.05) is 18.2 Å². The van der Waals surface area contributed by atoms with Gasteiger partial charge in [0, 0.05) is 6.54 Å². The number of aryl methyl sites for hydroxylation is 2. The van der Waals surface area contributed by atoms with Crippen LogP contribution >= 0.6 is 0 Å². The minimum Gasteiger partial charge on any atom is -0.497 e. The van der Waals surface area contributed by atoms with Crippen LogP contribution in [0.1, 0.15) is 44.4 Å². The van der Waals surface area contributed by atoms with E-state index in [2.05, 4.69) is 0 Å². The number of carbonyl (C=O) groups excluding carboxylic acids is 1. The van der Waals surface area contributed by atoms with E-state index in [1.54, 1.807) is 30.2 Å². The highest BCUT2D eigenvalue weighted by Gasteiger charge is 2.43. The SMILES string of the molecule is COc1ccc(CCN2C(=O)c3oc4cc(C)cc(C)c4c(=O)c3C2c2cc(OC)c(OC)c(OC)c2)cc1. The molecule has 1 unspecified atom stereocenters. The molecular formula is C31H31NO7. The first-order chi connectivity index (χ1) is 18.8. The molecule has 0 fully saturated rings. The molecular weight excluding hydrogens is 498 g/mol. The molecule has 1 aliphatic rings. The average molecular weight is 530 g/mol. The van der Waals surface area contributed by atoms with Crippen molar-refractivity contribution >= 4 is 16.9 Å². The summed E-state index contributed by atoms with van der Waals surface area (Å²) >= 11 is 0. The molecule has 39 heavy (non-hydrogen) atoms. The van der Waals surface area contributed by atoms with Gasteiger partial charge in [0.25, 0.3) is 5.91 Å². The number of rotatable bonds is 8. The normalized spacial score (nSPS) is 14.5. The Labute approximate surface area is 226 Å². The first kappa shape index (κ1) is 26.2. The summed E-state index contributed by atoms with van der Waals surface area (Å²) in [6.07, 6.45) is 0.566. The number of methoxy groups -OCH3 is 4. The minimum absolute atomic E-state index is 0.0611. The van der Waals surface area contributed by atoms with Gasteiger partial charge in [0.05, 0.1) is 45.4 Å². The number of ether oxygens (including phenoxy) is 4. The van der Waals surface area contributed by atoms with Gasteiger partial charge in [0.15, 0.2) is 16.9 Å². The van der Waals surface area contributed by atoms with Gasteiger partial charge in [0.2, 0.25) is 11.5 Å². The fraction of sp³-hybridized carbons (Fsp3) is 0.290. The molecule has 0 bridgehead atoms. The molecule has 1 aliphatic heterocycles. The van der Waals surface area contributed by atoms with Crippen molar-refractivity contribution in [3.05, 3.63) is 92.3 Å². The third kappa shape index (κ3) is 4.46. The third-order valence-electron chi connectivity index (χ3n) is 7.22. The highest BCUT2D eigenvalue weighted by molar-refractivity contribution is 5.99. The maximum atomic E-state index is 14.1. The fourth-order valence-electron chi connectivity index (χ4n) is 5.39. The Morgan fingerprint density at radius 3 is 2.10 bits per heavy atom. The molecule has 0 radical (unpaired) electrons. The van der Waals surface area contributed by atoms with Crippen molar-refractivity contribution in [2.45, 2.75) is 26.3 Å². The summed E-state index contributed by atoms with van der Waals surface area (Å²) in [5, 5.41) is 0.474. The number of hydrogen-bond donors (Lipinski definition) is 0. The van der Waals surface area contributed by atoms with E-state index in [0.29, 0.717) is 52.3 Å². The summed E-state index contributed by atoms with van der Waals surface area (Å²) in [4.78, 5) is 29.6. The van der Waals surface area contributed by atoms with E-state index in [9.17, 15) is 9.59 Å². The zero-order valence-corrected chi connectivity index (χ0v) is 22.9. The van der Waals surface area contributed by atoms with Gasteiger partial charge in [-0.15, -0.1) is 0 Å². The summed E-state index contributed by atoms with van der Waals surface area (Å²) in [5.74, 6) is 1.77. The molecule has 1 atom stereocenters. The average Bonchev–Trinajstić information content (AvgIpc) is 3.22. The van der Waals surface area contributed by atoms with E-state index >= 15 is 0 Å². The van der Waals surface area contributed by atoms with Crippen molar-refractivity contribution in [1.82, 2.24) is 4.90 Å². The molecule has 1 amide bonds. The smallest absolute Gasteiger partial charge is 0.290 e. The van der Waals surface area contributed by atoms with Crippen LogP contribution in [-0.2, 0) is 6.42 Å². The molecule has 4 aromatic rings. The number of benzene rings is 3. The van der Waals surface area contributed by atoms with E-state index in [4.69, 9.17) is 23.4 Å². The van der Waals surface area contributed by atoms with E-state index in [-0.39, 0.29) is 17.1 Å². The van der Waals surface area contributed by atoms with E-state index in [1.165, 1.54) is 21.3 Å². The summed E-state index contributed by atoms with van der Waals surface area (Å²) in [6.45, 7) is 4.16. The summed E-state index contributed by atoms with van der Waals surface area (Å²) < 4.78 is 28.1. The summed E-state index contributed by atoms with van der Waals surface area (Å²) in [7, 11) is 6.21. The Kier molecular flexibility index (Phi) is 6.95. The standard InChI is InChI=1S/C31H31NO7/c1-17-13-18(2)25-22(14-17)39-30-26(28(25)33)27(20-15-23(36-4)29(38-6)24(16-20)37-5)32(31(30)34)12-11-19-7-9-21(35-3)10-8-19/h7-10,13-16,27H,11-12H2,1-6H3. The Morgan fingerprint density at radius 2 is 1.51 bits per heavy atom. The molecule has 1 aromatic heterocycles. The van der Waals surface area contributed by atoms with Crippen LogP contribution in [0.4, 0.5) is 0 Å². The third-order valence-corrected chi connectivity index (χ3v) is 7.22. The Hall–Kier alpha value is -4.46. The second kappa shape index (κ2) is 10.4.